The number of rotatable bonds is 9. The van der Waals surface area contributed by atoms with Gasteiger partial charge in [-0.15, -0.1) is 11.3 Å². The summed E-state index contributed by atoms with van der Waals surface area (Å²) in [6.45, 7) is 2.19. The number of thiophene rings is 1. The van der Waals surface area contributed by atoms with Crippen molar-refractivity contribution in [1.82, 2.24) is 25.1 Å². The molecule has 4 rings (SSSR count). The Hall–Kier alpha value is -3.34. The Bertz CT molecular complexity index is 1210. The first kappa shape index (κ1) is 24.8. The van der Waals surface area contributed by atoms with Crippen LogP contribution in [0.1, 0.15) is 22.0 Å². The summed E-state index contributed by atoms with van der Waals surface area (Å²) in [5.41, 5.74) is 2.10. The molecule has 0 spiro atoms. The molecule has 1 atom stereocenters. The SMILES string of the molecule is CN(C)CCNC(=O)C=CC(=O)N1CCc2c(sc3ncnc(NC(CO)c4ccccc4)c23)C1. The Kier molecular flexibility index (Phi) is 8.06. The van der Waals surface area contributed by atoms with Crippen LogP contribution in [-0.2, 0) is 22.6 Å². The van der Waals surface area contributed by atoms with E-state index in [0.717, 1.165) is 32.8 Å². The van der Waals surface area contributed by atoms with Gasteiger partial charge in [-0.25, -0.2) is 9.97 Å². The van der Waals surface area contributed by atoms with Crippen molar-refractivity contribution in [2.45, 2.75) is 19.0 Å². The topological polar surface area (TPSA) is 111 Å². The number of hydrogen-bond donors (Lipinski definition) is 3. The third kappa shape index (κ3) is 6.02. The minimum Gasteiger partial charge on any atom is -0.394 e. The van der Waals surface area contributed by atoms with Crippen molar-refractivity contribution in [3.8, 4) is 0 Å². The third-order valence-corrected chi connectivity index (χ3v) is 7.00. The summed E-state index contributed by atoms with van der Waals surface area (Å²) in [5.74, 6) is 0.219. The van der Waals surface area contributed by atoms with Crippen molar-refractivity contribution in [3.05, 3.63) is 64.8 Å². The predicted octanol–water partition coefficient (Wildman–Crippen LogP) is 1.96. The molecule has 10 heteroatoms. The lowest BCUT2D eigenvalue weighted by Gasteiger charge is -2.26. The van der Waals surface area contributed by atoms with Crippen molar-refractivity contribution >= 4 is 39.2 Å². The first-order valence-electron chi connectivity index (χ1n) is 11.5. The van der Waals surface area contributed by atoms with Gasteiger partial charge in [-0.3, -0.25) is 9.59 Å². The maximum atomic E-state index is 12.7. The normalized spacial score (nSPS) is 14.3. The lowest BCUT2D eigenvalue weighted by atomic mass is 10.0. The zero-order valence-corrected chi connectivity index (χ0v) is 20.7. The van der Waals surface area contributed by atoms with Gasteiger partial charge in [-0.1, -0.05) is 30.3 Å². The lowest BCUT2D eigenvalue weighted by Crippen LogP contribution is -2.34. The second-order valence-electron chi connectivity index (χ2n) is 8.63. The molecule has 3 heterocycles. The van der Waals surface area contributed by atoms with Crippen LogP contribution >= 0.6 is 11.3 Å². The average Bonchev–Trinajstić information content (AvgIpc) is 3.24. The largest absolute Gasteiger partial charge is 0.394 e. The number of anilines is 1. The van der Waals surface area contributed by atoms with Crippen LogP contribution < -0.4 is 10.6 Å². The molecule has 184 valence electrons. The Morgan fingerprint density at radius 1 is 1.23 bits per heavy atom. The fourth-order valence-corrected chi connectivity index (χ4v) is 5.23. The smallest absolute Gasteiger partial charge is 0.247 e. The van der Waals surface area contributed by atoms with E-state index in [1.165, 1.54) is 18.5 Å². The minimum atomic E-state index is -0.291. The number of aromatic nitrogens is 2. The quantitative estimate of drug-likeness (QED) is 0.390. The second kappa shape index (κ2) is 11.4. The van der Waals surface area contributed by atoms with E-state index in [4.69, 9.17) is 0 Å². The van der Waals surface area contributed by atoms with Gasteiger partial charge in [0.1, 0.15) is 17.0 Å². The van der Waals surface area contributed by atoms with E-state index >= 15 is 0 Å². The molecule has 0 radical (unpaired) electrons. The molecule has 0 bridgehead atoms. The number of aliphatic hydroxyl groups is 1. The zero-order valence-electron chi connectivity index (χ0n) is 19.9. The molecule has 0 saturated carbocycles. The number of fused-ring (bicyclic) bond motifs is 3. The van der Waals surface area contributed by atoms with Gasteiger partial charge < -0.3 is 25.5 Å². The predicted molar refractivity (Wildman–Crippen MR) is 137 cm³/mol. The van der Waals surface area contributed by atoms with E-state index in [1.54, 1.807) is 16.2 Å². The summed E-state index contributed by atoms with van der Waals surface area (Å²) in [5, 5.41) is 17.1. The highest BCUT2D eigenvalue weighted by Gasteiger charge is 2.26. The van der Waals surface area contributed by atoms with Crippen LogP contribution in [0.15, 0.2) is 48.8 Å². The molecule has 1 aromatic carbocycles. The zero-order chi connectivity index (χ0) is 24.8. The minimum absolute atomic E-state index is 0.0703. The maximum Gasteiger partial charge on any atom is 0.247 e. The average molecular weight is 495 g/mol. The van der Waals surface area contributed by atoms with Crippen molar-refractivity contribution in [2.24, 2.45) is 0 Å². The standard InChI is InChI=1S/C25H30N6O3S/c1-30(2)13-11-26-21(33)8-9-22(34)31-12-10-18-20(14-31)35-25-23(18)24(27-16-28-25)29-19(15-32)17-6-4-3-5-7-17/h3-9,16,19,32H,10-15H2,1-2H3,(H,26,33)(H,27,28,29). The van der Waals surface area contributed by atoms with Gasteiger partial charge in [0.05, 0.1) is 24.6 Å². The lowest BCUT2D eigenvalue weighted by molar-refractivity contribution is -0.127. The molecule has 1 aliphatic rings. The van der Waals surface area contributed by atoms with Gasteiger partial charge >= 0.3 is 0 Å². The molecule has 9 nitrogen and oxygen atoms in total. The van der Waals surface area contributed by atoms with E-state index in [1.807, 2.05) is 49.3 Å². The number of hydrogen-bond acceptors (Lipinski definition) is 8. The summed E-state index contributed by atoms with van der Waals surface area (Å²) in [6.07, 6.45) is 4.82. The fraction of sp³-hybridized carbons (Fsp3) is 0.360. The first-order valence-corrected chi connectivity index (χ1v) is 12.3. The van der Waals surface area contributed by atoms with Crippen LogP contribution in [-0.4, -0.2) is 77.0 Å². The number of nitrogens with one attached hydrogen (secondary N) is 2. The van der Waals surface area contributed by atoms with Gasteiger partial charge in [0.25, 0.3) is 0 Å². The van der Waals surface area contributed by atoms with Crippen LogP contribution in [0.4, 0.5) is 5.82 Å². The molecular formula is C25H30N6O3S. The van der Waals surface area contributed by atoms with Crippen molar-refractivity contribution in [3.63, 3.8) is 0 Å². The molecule has 1 unspecified atom stereocenters. The van der Waals surface area contributed by atoms with Gasteiger partial charge in [0, 0.05) is 36.7 Å². The van der Waals surface area contributed by atoms with Crippen LogP contribution in [0.2, 0.25) is 0 Å². The molecule has 0 fully saturated rings. The number of nitrogens with zero attached hydrogens (tertiary/aromatic N) is 4. The second-order valence-corrected chi connectivity index (χ2v) is 9.72. The number of amides is 2. The molecule has 0 saturated heterocycles. The Morgan fingerprint density at radius 3 is 2.77 bits per heavy atom. The number of aliphatic hydroxyl groups excluding tert-OH is 1. The Labute approximate surface area is 208 Å². The van der Waals surface area contributed by atoms with E-state index in [2.05, 4.69) is 20.6 Å². The summed E-state index contributed by atoms with van der Waals surface area (Å²) in [4.78, 5) is 39.2. The molecule has 3 aromatic rings. The molecule has 2 aromatic heterocycles. The van der Waals surface area contributed by atoms with E-state index < -0.39 is 0 Å². The highest BCUT2D eigenvalue weighted by Crippen LogP contribution is 2.38. The Morgan fingerprint density at radius 2 is 2.03 bits per heavy atom. The van der Waals surface area contributed by atoms with Gasteiger partial charge in [0.2, 0.25) is 11.8 Å². The highest BCUT2D eigenvalue weighted by molar-refractivity contribution is 7.19. The highest BCUT2D eigenvalue weighted by atomic mass is 32.1. The third-order valence-electron chi connectivity index (χ3n) is 5.88. The molecular weight excluding hydrogens is 464 g/mol. The van der Waals surface area contributed by atoms with Crippen LogP contribution in [0.25, 0.3) is 10.2 Å². The van der Waals surface area contributed by atoms with Crippen LogP contribution in [0.3, 0.4) is 0 Å². The molecule has 1 aliphatic heterocycles. The number of likely N-dealkylation sites (N-methyl/N-ethyl adjacent to an activating group) is 1. The first-order chi connectivity index (χ1) is 17.0. The molecule has 35 heavy (non-hydrogen) atoms. The summed E-state index contributed by atoms with van der Waals surface area (Å²) < 4.78 is 0. The Balaban J connectivity index is 1.47. The fourth-order valence-electron chi connectivity index (χ4n) is 4.02. The van der Waals surface area contributed by atoms with E-state index in [-0.39, 0.29) is 24.5 Å². The van der Waals surface area contributed by atoms with Gasteiger partial charge in [0.15, 0.2) is 0 Å². The molecule has 3 N–H and O–H groups in total. The van der Waals surface area contributed by atoms with Crippen molar-refractivity contribution in [2.75, 3.05) is 45.7 Å². The van der Waals surface area contributed by atoms with Gasteiger partial charge in [-0.05, 0) is 31.6 Å². The van der Waals surface area contributed by atoms with Gasteiger partial charge in [-0.2, -0.15) is 0 Å². The number of carbonyl (C=O) groups is 2. The molecule has 0 aliphatic carbocycles. The van der Waals surface area contributed by atoms with E-state index in [9.17, 15) is 14.7 Å². The van der Waals surface area contributed by atoms with E-state index in [0.29, 0.717) is 31.9 Å². The van der Waals surface area contributed by atoms with Crippen molar-refractivity contribution < 1.29 is 14.7 Å². The summed E-state index contributed by atoms with van der Waals surface area (Å²) in [6, 6.07) is 9.46. The maximum absolute atomic E-state index is 12.7. The monoisotopic (exact) mass is 494 g/mol. The van der Waals surface area contributed by atoms with Crippen LogP contribution in [0.5, 0.6) is 0 Å². The number of carbonyl (C=O) groups excluding carboxylic acids is 2. The summed E-state index contributed by atoms with van der Waals surface area (Å²) >= 11 is 1.55. The summed E-state index contributed by atoms with van der Waals surface area (Å²) in [7, 11) is 3.87. The number of benzene rings is 1. The van der Waals surface area contributed by atoms with Crippen molar-refractivity contribution in [1.29, 1.82) is 0 Å². The van der Waals surface area contributed by atoms with Crippen LogP contribution in [0, 0.1) is 0 Å². The molecule has 2 amide bonds.